The first kappa shape index (κ1) is 11.5. The summed E-state index contributed by atoms with van der Waals surface area (Å²) in [4.78, 5) is 10.7. The van der Waals surface area contributed by atoms with Crippen LogP contribution >= 0.6 is 11.6 Å². The largest absolute Gasteiger partial charge is 0.478 e. The molecule has 86 valence electrons. The van der Waals surface area contributed by atoms with Crippen LogP contribution in [-0.4, -0.2) is 21.3 Å². The Morgan fingerprint density at radius 3 is 2.82 bits per heavy atom. The van der Waals surface area contributed by atoms with Crippen molar-refractivity contribution in [3.8, 4) is 11.3 Å². The van der Waals surface area contributed by atoms with Crippen molar-refractivity contribution in [2.45, 2.75) is 0 Å². The minimum absolute atomic E-state index is 0.0608. The van der Waals surface area contributed by atoms with Crippen molar-refractivity contribution in [3.05, 3.63) is 46.9 Å². The number of carbonyl (C=O) groups is 1. The van der Waals surface area contributed by atoms with Crippen molar-refractivity contribution in [1.82, 2.24) is 10.2 Å². The molecule has 0 atom stereocenters. The first-order chi connectivity index (χ1) is 8.08. The molecule has 1 N–H and O–H groups in total. The lowest BCUT2D eigenvalue weighted by Crippen LogP contribution is -2.00. The molecule has 0 saturated heterocycles. The lowest BCUT2D eigenvalue weighted by molar-refractivity contribution is 0.0696. The molecule has 0 bridgehead atoms. The summed E-state index contributed by atoms with van der Waals surface area (Å²) < 4.78 is 13.5. The number of carboxylic acid groups (broad SMARTS) is 1. The lowest BCUT2D eigenvalue weighted by Gasteiger charge is -2.03. The summed E-state index contributed by atoms with van der Waals surface area (Å²) in [6.07, 6.45) is 1.09. The monoisotopic (exact) mass is 252 g/mol. The van der Waals surface area contributed by atoms with E-state index >= 15 is 0 Å². The van der Waals surface area contributed by atoms with Crippen LogP contribution in [0.25, 0.3) is 11.3 Å². The van der Waals surface area contributed by atoms with Crippen LogP contribution in [0.5, 0.6) is 0 Å². The fourth-order valence-electron chi connectivity index (χ4n) is 1.31. The van der Waals surface area contributed by atoms with E-state index in [1.165, 1.54) is 24.3 Å². The molecule has 0 spiro atoms. The molecule has 1 heterocycles. The van der Waals surface area contributed by atoms with Gasteiger partial charge in [0.2, 0.25) is 0 Å². The number of benzene rings is 1. The van der Waals surface area contributed by atoms with Gasteiger partial charge >= 0.3 is 5.97 Å². The Kier molecular flexibility index (Phi) is 3.01. The Morgan fingerprint density at radius 1 is 1.35 bits per heavy atom. The molecular weight excluding hydrogens is 247 g/mol. The quantitative estimate of drug-likeness (QED) is 0.892. The zero-order valence-electron chi connectivity index (χ0n) is 8.39. The van der Waals surface area contributed by atoms with E-state index in [0.29, 0.717) is 5.02 Å². The van der Waals surface area contributed by atoms with E-state index in [9.17, 15) is 9.18 Å². The maximum absolute atomic E-state index is 13.5. The Balaban J connectivity index is 2.56. The molecule has 2 aromatic rings. The van der Waals surface area contributed by atoms with Crippen LogP contribution in [0.2, 0.25) is 5.02 Å². The van der Waals surface area contributed by atoms with Crippen molar-refractivity contribution >= 4 is 17.6 Å². The summed E-state index contributed by atoms with van der Waals surface area (Å²) in [5.74, 6) is -1.69. The van der Waals surface area contributed by atoms with Crippen LogP contribution in [0.3, 0.4) is 0 Å². The summed E-state index contributed by atoms with van der Waals surface area (Å²) in [5, 5.41) is 16.3. The predicted octanol–water partition coefficient (Wildman–Crippen LogP) is 2.63. The highest BCUT2D eigenvalue weighted by Gasteiger charge is 2.11. The Bertz CT molecular complexity index is 589. The predicted molar refractivity (Wildman–Crippen MR) is 59.4 cm³/mol. The molecule has 0 amide bonds. The Morgan fingerprint density at radius 2 is 2.12 bits per heavy atom. The molecule has 1 aromatic carbocycles. The van der Waals surface area contributed by atoms with Crippen molar-refractivity contribution in [2.24, 2.45) is 0 Å². The molecule has 0 aliphatic rings. The van der Waals surface area contributed by atoms with Crippen molar-refractivity contribution < 1.29 is 14.3 Å². The van der Waals surface area contributed by atoms with Crippen LogP contribution in [0.4, 0.5) is 4.39 Å². The molecule has 0 fully saturated rings. The summed E-state index contributed by atoms with van der Waals surface area (Å²) in [5.41, 5.74) is 0.187. The van der Waals surface area contributed by atoms with Gasteiger partial charge in [0.25, 0.3) is 0 Å². The van der Waals surface area contributed by atoms with Gasteiger partial charge < -0.3 is 5.11 Å². The van der Waals surface area contributed by atoms with Gasteiger partial charge in [0.15, 0.2) is 0 Å². The zero-order chi connectivity index (χ0) is 12.4. The standard InChI is InChI=1S/C11H6ClFN2O2/c12-7-1-2-9(13)8(4-7)10-3-6(11(16)17)5-14-15-10/h1-5H,(H,16,17). The van der Waals surface area contributed by atoms with E-state index in [1.54, 1.807) is 0 Å². The molecule has 0 aliphatic carbocycles. The Labute approximate surface area is 101 Å². The number of aromatic nitrogens is 2. The minimum Gasteiger partial charge on any atom is -0.478 e. The van der Waals surface area contributed by atoms with E-state index < -0.39 is 11.8 Å². The van der Waals surface area contributed by atoms with E-state index in [-0.39, 0.29) is 16.8 Å². The molecule has 6 heteroatoms. The highest BCUT2D eigenvalue weighted by atomic mass is 35.5. The van der Waals surface area contributed by atoms with Crippen LogP contribution in [-0.2, 0) is 0 Å². The first-order valence-electron chi connectivity index (χ1n) is 4.59. The topological polar surface area (TPSA) is 63.1 Å². The second-order valence-corrected chi connectivity index (χ2v) is 3.70. The molecule has 0 aliphatic heterocycles. The SMILES string of the molecule is O=C(O)c1cnnc(-c2cc(Cl)ccc2F)c1. The summed E-state index contributed by atoms with van der Waals surface area (Å²) >= 11 is 5.74. The number of halogens is 2. The van der Waals surface area contributed by atoms with Gasteiger partial charge in [-0.15, -0.1) is 0 Å². The highest BCUT2D eigenvalue weighted by molar-refractivity contribution is 6.30. The third kappa shape index (κ3) is 2.39. The Hall–Kier alpha value is -2.01. The van der Waals surface area contributed by atoms with Crippen LogP contribution in [0, 0.1) is 5.82 Å². The molecule has 17 heavy (non-hydrogen) atoms. The van der Waals surface area contributed by atoms with Crippen LogP contribution in [0.1, 0.15) is 10.4 Å². The summed E-state index contributed by atoms with van der Waals surface area (Å²) in [6.45, 7) is 0. The zero-order valence-corrected chi connectivity index (χ0v) is 9.15. The van der Waals surface area contributed by atoms with E-state index in [2.05, 4.69) is 10.2 Å². The van der Waals surface area contributed by atoms with Gasteiger partial charge in [-0.1, -0.05) is 11.6 Å². The summed E-state index contributed by atoms with van der Waals surface area (Å²) in [7, 11) is 0. The van der Waals surface area contributed by atoms with Gasteiger partial charge in [0.1, 0.15) is 5.82 Å². The molecule has 2 rings (SSSR count). The van der Waals surface area contributed by atoms with Gasteiger partial charge in [-0.2, -0.15) is 10.2 Å². The normalized spacial score (nSPS) is 10.2. The van der Waals surface area contributed by atoms with Crippen molar-refractivity contribution in [1.29, 1.82) is 0 Å². The van der Waals surface area contributed by atoms with E-state index in [0.717, 1.165) is 6.20 Å². The number of rotatable bonds is 2. The van der Waals surface area contributed by atoms with Gasteiger partial charge in [-0.05, 0) is 24.3 Å². The fourth-order valence-corrected chi connectivity index (χ4v) is 1.48. The number of hydrogen-bond acceptors (Lipinski definition) is 3. The minimum atomic E-state index is -1.15. The van der Waals surface area contributed by atoms with Gasteiger partial charge in [-0.25, -0.2) is 9.18 Å². The van der Waals surface area contributed by atoms with E-state index in [1.807, 2.05) is 0 Å². The first-order valence-corrected chi connectivity index (χ1v) is 4.97. The van der Waals surface area contributed by atoms with Crippen molar-refractivity contribution in [3.63, 3.8) is 0 Å². The molecule has 0 unspecified atom stereocenters. The van der Waals surface area contributed by atoms with Gasteiger partial charge in [0.05, 0.1) is 17.5 Å². The smallest absolute Gasteiger partial charge is 0.337 e. The van der Waals surface area contributed by atoms with Crippen molar-refractivity contribution in [2.75, 3.05) is 0 Å². The third-order valence-corrected chi connectivity index (χ3v) is 2.34. The fraction of sp³-hybridized carbons (Fsp3) is 0. The number of nitrogens with zero attached hydrogens (tertiary/aromatic N) is 2. The molecule has 0 saturated carbocycles. The molecule has 1 aromatic heterocycles. The molecular formula is C11H6ClFN2O2. The van der Waals surface area contributed by atoms with E-state index in [4.69, 9.17) is 16.7 Å². The highest BCUT2D eigenvalue weighted by Crippen LogP contribution is 2.24. The average molecular weight is 253 g/mol. The molecule has 4 nitrogen and oxygen atoms in total. The van der Waals surface area contributed by atoms with Crippen LogP contribution < -0.4 is 0 Å². The van der Waals surface area contributed by atoms with Crippen LogP contribution in [0.15, 0.2) is 30.5 Å². The molecule has 0 radical (unpaired) electrons. The lowest BCUT2D eigenvalue weighted by atomic mass is 10.1. The second-order valence-electron chi connectivity index (χ2n) is 3.26. The number of hydrogen-bond donors (Lipinski definition) is 1. The summed E-state index contributed by atoms with van der Waals surface area (Å²) in [6, 6.07) is 5.19. The second kappa shape index (κ2) is 4.47. The maximum Gasteiger partial charge on any atom is 0.337 e. The van der Waals surface area contributed by atoms with Gasteiger partial charge in [0, 0.05) is 10.6 Å². The van der Waals surface area contributed by atoms with Gasteiger partial charge in [-0.3, -0.25) is 0 Å². The maximum atomic E-state index is 13.5. The number of aromatic carboxylic acids is 1. The number of carboxylic acids is 1. The average Bonchev–Trinajstić information content (AvgIpc) is 2.32. The third-order valence-electron chi connectivity index (χ3n) is 2.11.